The molecule has 3 heteroatoms. The van der Waals surface area contributed by atoms with E-state index in [1.165, 1.54) is 5.56 Å². The van der Waals surface area contributed by atoms with E-state index in [0.29, 0.717) is 12.5 Å². The van der Waals surface area contributed by atoms with E-state index in [4.69, 9.17) is 4.74 Å². The van der Waals surface area contributed by atoms with E-state index < -0.39 is 5.60 Å². The molecular weight excluding hydrogens is 250 g/mol. The Balaban J connectivity index is 1.59. The maximum Gasteiger partial charge on any atom is 0.102 e. The zero-order valence-electron chi connectivity index (χ0n) is 12.1. The second-order valence-corrected chi connectivity index (χ2v) is 6.23. The minimum absolute atomic E-state index is 0.668. The molecule has 20 heavy (non-hydrogen) atoms. The molecule has 1 fully saturated rings. The summed E-state index contributed by atoms with van der Waals surface area (Å²) >= 11 is 0. The molecule has 1 unspecified atom stereocenters. The van der Waals surface area contributed by atoms with Gasteiger partial charge in [0.15, 0.2) is 0 Å². The van der Waals surface area contributed by atoms with Gasteiger partial charge in [-0.3, -0.25) is 0 Å². The summed E-state index contributed by atoms with van der Waals surface area (Å²) < 4.78 is 5.39. The lowest BCUT2D eigenvalue weighted by Crippen LogP contribution is -2.42. The molecule has 0 amide bonds. The summed E-state index contributed by atoms with van der Waals surface area (Å²) in [6.07, 6.45) is 5.32. The summed E-state index contributed by atoms with van der Waals surface area (Å²) in [5.41, 5.74) is 1.76. The van der Waals surface area contributed by atoms with Crippen molar-refractivity contribution in [1.29, 1.82) is 0 Å². The zero-order chi connectivity index (χ0) is 13.8. The number of hydrogen-bond acceptors (Lipinski definition) is 3. The van der Waals surface area contributed by atoms with Gasteiger partial charge in [0.05, 0.1) is 0 Å². The largest absolute Gasteiger partial charge is 0.384 e. The molecule has 0 radical (unpaired) electrons. The summed E-state index contributed by atoms with van der Waals surface area (Å²) in [7, 11) is 0. The van der Waals surface area contributed by atoms with E-state index in [1.807, 2.05) is 6.07 Å². The van der Waals surface area contributed by atoms with Gasteiger partial charge in [0, 0.05) is 19.8 Å². The molecule has 3 rings (SSSR count). The molecule has 1 aliphatic carbocycles. The number of ether oxygens (including phenoxy) is 1. The van der Waals surface area contributed by atoms with Crippen LogP contribution in [0.2, 0.25) is 0 Å². The molecule has 1 atom stereocenters. The highest BCUT2D eigenvalue weighted by molar-refractivity contribution is 5.34. The number of benzene rings is 1. The van der Waals surface area contributed by atoms with E-state index in [9.17, 15) is 5.11 Å². The molecule has 1 aromatic carbocycles. The molecule has 1 aromatic rings. The first-order valence-corrected chi connectivity index (χ1v) is 7.87. The SMILES string of the molecule is OC1(CNCC2CCOCC2)CCCc2ccccc21. The second-order valence-electron chi connectivity index (χ2n) is 6.23. The molecule has 2 N–H and O–H groups in total. The van der Waals surface area contributed by atoms with E-state index in [-0.39, 0.29) is 0 Å². The summed E-state index contributed by atoms with van der Waals surface area (Å²) in [4.78, 5) is 0. The molecule has 0 saturated carbocycles. The van der Waals surface area contributed by atoms with Crippen LogP contribution in [0.25, 0.3) is 0 Å². The molecule has 0 spiro atoms. The van der Waals surface area contributed by atoms with Gasteiger partial charge in [-0.2, -0.15) is 0 Å². The Morgan fingerprint density at radius 2 is 2.05 bits per heavy atom. The maximum atomic E-state index is 11.0. The van der Waals surface area contributed by atoms with Crippen LogP contribution in [0.4, 0.5) is 0 Å². The first kappa shape index (κ1) is 14.1. The minimum Gasteiger partial charge on any atom is -0.384 e. The Kier molecular flexibility index (Phi) is 4.39. The molecule has 1 heterocycles. The molecule has 0 aromatic heterocycles. The fourth-order valence-electron chi connectivity index (χ4n) is 3.52. The van der Waals surface area contributed by atoms with Crippen molar-refractivity contribution in [3.63, 3.8) is 0 Å². The maximum absolute atomic E-state index is 11.0. The molecule has 3 nitrogen and oxygen atoms in total. The Morgan fingerprint density at radius 1 is 1.25 bits per heavy atom. The van der Waals surface area contributed by atoms with Crippen LogP contribution < -0.4 is 5.32 Å². The minimum atomic E-state index is -0.681. The lowest BCUT2D eigenvalue weighted by molar-refractivity contribution is 0.0156. The topological polar surface area (TPSA) is 41.5 Å². The first-order valence-electron chi connectivity index (χ1n) is 7.87. The number of fused-ring (bicyclic) bond motifs is 1. The van der Waals surface area contributed by atoms with Gasteiger partial charge in [-0.05, 0) is 55.7 Å². The van der Waals surface area contributed by atoms with Gasteiger partial charge in [0.25, 0.3) is 0 Å². The molecule has 0 bridgehead atoms. The molecular formula is C17H25NO2. The lowest BCUT2D eigenvalue weighted by Gasteiger charge is -2.35. The van der Waals surface area contributed by atoms with Gasteiger partial charge in [0.1, 0.15) is 5.60 Å². The van der Waals surface area contributed by atoms with Crippen molar-refractivity contribution in [3.8, 4) is 0 Å². The normalized spacial score (nSPS) is 27.2. The summed E-state index contributed by atoms with van der Waals surface area (Å²) in [5.74, 6) is 0.700. The standard InChI is InChI=1S/C17H25NO2/c19-17(13-18-12-14-7-10-20-11-8-14)9-3-5-15-4-1-2-6-16(15)17/h1-2,4,6,14,18-19H,3,5,7-13H2. The number of hydrogen-bond donors (Lipinski definition) is 2. The van der Waals surface area contributed by atoms with E-state index in [1.54, 1.807) is 0 Å². The Morgan fingerprint density at radius 3 is 2.90 bits per heavy atom. The predicted molar refractivity (Wildman–Crippen MR) is 79.7 cm³/mol. The highest BCUT2D eigenvalue weighted by Gasteiger charge is 2.33. The summed E-state index contributed by atoms with van der Waals surface area (Å²) in [6.45, 7) is 3.44. The zero-order valence-corrected chi connectivity index (χ0v) is 12.1. The number of aryl methyl sites for hydroxylation is 1. The smallest absolute Gasteiger partial charge is 0.102 e. The quantitative estimate of drug-likeness (QED) is 0.885. The Hall–Kier alpha value is -0.900. The van der Waals surface area contributed by atoms with Crippen LogP contribution in [-0.4, -0.2) is 31.4 Å². The fraction of sp³-hybridized carbons (Fsp3) is 0.647. The Bertz CT molecular complexity index is 442. The average Bonchev–Trinajstić information content (AvgIpc) is 2.49. The molecule has 2 aliphatic rings. The highest BCUT2D eigenvalue weighted by atomic mass is 16.5. The van der Waals surface area contributed by atoms with Crippen LogP contribution >= 0.6 is 0 Å². The van der Waals surface area contributed by atoms with Gasteiger partial charge in [-0.25, -0.2) is 0 Å². The van der Waals surface area contributed by atoms with Crippen LogP contribution in [0, 0.1) is 5.92 Å². The lowest BCUT2D eigenvalue weighted by atomic mass is 9.79. The van der Waals surface area contributed by atoms with Crippen LogP contribution in [0.3, 0.4) is 0 Å². The van der Waals surface area contributed by atoms with Gasteiger partial charge in [-0.1, -0.05) is 24.3 Å². The van der Waals surface area contributed by atoms with Gasteiger partial charge < -0.3 is 15.2 Å². The van der Waals surface area contributed by atoms with Gasteiger partial charge in [0.2, 0.25) is 0 Å². The third-order valence-corrected chi connectivity index (χ3v) is 4.75. The molecule has 1 saturated heterocycles. The van der Waals surface area contributed by atoms with Crippen molar-refractivity contribution in [2.75, 3.05) is 26.3 Å². The van der Waals surface area contributed by atoms with Crippen molar-refractivity contribution in [3.05, 3.63) is 35.4 Å². The number of rotatable bonds is 4. The van der Waals surface area contributed by atoms with Crippen molar-refractivity contribution >= 4 is 0 Å². The molecule has 1 aliphatic heterocycles. The van der Waals surface area contributed by atoms with Crippen LogP contribution in [0.1, 0.15) is 36.8 Å². The first-order chi connectivity index (χ1) is 9.78. The van der Waals surface area contributed by atoms with Crippen molar-refractivity contribution in [2.45, 2.75) is 37.7 Å². The number of nitrogens with one attached hydrogen (secondary N) is 1. The van der Waals surface area contributed by atoms with Crippen LogP contribution in [0.15, 0.2) is 24.3 Å². The van der Waals surface area contributed by atoms with Crippen molar-refractivity contribution < 1.29 is 9.84 Å². The van der Waals surface area contributed by atoms with E-state index in [0.717, 1.165) is 57.4 Å². The van der Waals surface area contributed by atoms with E-state index >= 15 is 0 Å². The van der Waals surface area contributed by atoms with Crippen molar-refractivity contribution in [1.82, 2.24) is 5.32 Å². The Labute approximate surface area is 121 Å². The highest BCUT2D eigenvalue weighted by Crippen LogP contribution is 2.34. The second kappa shape index (κ2) is 6.25. The average molecular weight is 275 g/mol. The monoisotopic (exact) mass is 275 g/mol. The third kappa shape index (κ3) is 3.05. The van der Waals surface area contributed by atoms with Crippen molar-refractivity contribution in [2.24, 2.45) is 5.92 Å². The van der Waals surface area contributed by atoms with E-state index in [2.05, 4.69) is 23.5 Å². The van der Waals surface area contributed by atoms with Gasteiger partial charge >= 0.3 is 0 Å². The number of aliphatic hydroxyl groups is 1. The predicted octanol–water partition coefficient (Wildman–Crippen LogP) is 2.23. The fourth-order valence-corrected chi connectivity index (χ4v) is 3.52. The summed E-state index contributed by atoms with van der Waals surface area (Å²) in [5, 5.41) is 14.5. The molecule has 110 valence electrons. The summed E-state index contributed by atoms with van der Waals surface area (Å²) in [6, 6.07) is 8.34. The van der Waals surface area contributed by atoms with Crippen LogP contribution in [0.5, 0.6) is 0 Å². The van der Waals surface area contributed by atoms with Gasteiger partial charge in [-0.15, -0.1) is 0 Å². The van der Waals surface area contributed by atoms with Crippen LogP contribution in [-0.2, 0) is 16.8 Å². The third-order valence-electron chi connectivity index (χ3n) is 4.75.